The number of nitrogens with zero attached hydrogens (tertiary/aromatic N) is 3. The summed E-state index contributed by atoms with van der Waals surface area (Å²) in [7, 11) is 1.34. The van der Waals surface area contributed by atoms with Crippen molar-refractivity contribution in [2.24, 2.45) is 0 Å². The highest BCUT2D eigenvalue weighted by molar-refractivity contribution is 5.89. The van der Waals surface area contributed by atoms with E-state index < -0.39 is 5.97 Å². The summed E-state index contributed by atoms with van der Waals surface area (Å²) in [6.07, 6.45) is 0. The number of methoxy groups -OCH3 is 1. The number of aromatic nitrogens is 3. The summed E-state index contributed by atoms with van der Waals surface area (Å²) in [5.41, 5.74) is 3.50. The Morgan fingerprint density at radius 1 is 0.800 bits per heavy atom. The summed E-state index contributed by atoms with van der Waals surface area (Å²) >= 11 is 0. The van der Waals surface area contributed by atoms with Gasteiger partial charge in [0.15, 0.2) is 17.5 Å². The lowest BCUT2D eigenvalue weighted by Gasteiger charge is -2.10. The van der Waals surface area contributed by atoms with Gasteiger partial charge in [0.05, 0.1) is 18.2 Å². The molecule has 6 nitrogen and oxygen atoms in total. The first kappa shape index (κ1) is 19.3. The van der Waals surface area contributed by atoms with Crippen LogP contribution in [-0.4, -0.2) is 33.1 Å². The number of carbonyl (C=O) groups excluding carboxylic acids is 1. The summed E-state index contributed by atoms with van der Waals surface area (Å²) in [6.45, 7) is 1.94. The van der Waals surface area contributed by atoms with Crippen LogP contribution in [0.2, 0.25) is 0 Å². The van der Waals surface area contributed by atoms with Crippen LogP contribution in [0.4, 0.5) is 0 Å². The molecule has 0 radical (unpaired) electrons. The molecule has 0 aliphatic rings. The van der Waals surface area contributed by atoms with Crippen LogP contribution in [0, 0.1) is 6.92 Å². The number of rotatable bonds is 4. The third-order valence-electron chi connectivity index (χ3n) is 4.62. The van der Waals surface area contributed by atoms with Crippen LogP contribution >= 0.6 is 0 Å². The molecule has 0 atom stereocenters. The lowest BCUT2D eigenvalue weighted by atomic mass is 10.1. The fourth-order valence-corrected chi connectivity index (χ4v) is 3.04. The smallest absolute Gasteiger partial charge is 0.337 e. The van der Waals surface area contributed by atoms with Crippen molar-refractivity contribution in [3.63, 3.8) is 0 Å². The van der Waals surface area contributed by atoms with Gasteiger partial charge in [0.25, 0.3) is 0 Å². The van der Waals surface area contributed by atoms with Gasteiger partial charge in [-0.05, 0) is 31.2 Å². The minimum atomic E-state index is -0.410. The number of hydrogen-bond acceptors (Lipinski definition) is 6. The summed E-state index contributed by atoms with van der Waals surface area (Å²) in [4.78, 5) is 25.5. The van der Waals surface area contributed by atoms with Gasteiger partial charge in [-0.2, -0.15) is 0 Å². The first-order chi connectivity index (χ1) is 14.5. The fourth-order valence-electron chi connectivity index (χ4n) is 3.04. The second-order valence-electron chi connectivity index (χ2n) is 6.76. The standard InChI is InChI=1S/C24H19N3O3/c1-15-8-13-20(28)19(14-15)23-26-21(16-6-4-3-5-7-16)25-22(27-23)17-9-11-18(12-10-17)24(29)30-2/h3-14,28H,1-2H3. The number of carbonyl (C=O) groups is 1. The van der Waals surface area contributed by atoms with Crippen LogP contribution in [0.15, 0.2) is 72.8 Å². The quantitative estimate of drug-likeness (QED) is 0.504. The predicted octanol–water partition coefficient (Wildman–Crippen LogP) is 4.67. The first-order valence-electron chi connectivity index (χ1n) is 9.35. The third-order valence-corrected chi connectivity index (χ3v) is 4.62. The molecule has 0 fully saturated rings. The minimum Gasteiger partial charge on any atom is -0.507 e. The summed E-state index contributed by atoms with van der Waals surface area (Å²) in [5, 5.41) is 10.4. The van der Waals surface area contributed by atoms with E-state index in [0.717, 1.165) is 16.7 Å². The minimum absolute atomic E-state index is 0.0952. The zero-order valence-electron chi connectivity index (χ0n) is 16.5. The van der Waals surface area contributed by atoms with Crippen molar-refractivity contribution in [3.05, 3.63) is 83.9 Å². The molecule has 6 heteroatoms. The topological polar surface area (TPSA) is 85.2 Å². The maximum Gasteiger partial charge on any atom is 0.337 e. The molecule has 0 amide bonds. The van der Waals surface area contributed by atoms with Gasteiger partial charge >= 0.3 is 5.97 Å². The monoisotopic (exact) mass is 397 g/mol. The molecule has 0 aliphatic heterocycles. The van der Waals surface area contributed by atoms with Gasteiger partial charge in [0.2, 0.25) is 0 Å². The van der Waals surface area contributed by atoms with Gasteiger partial charge in [-0.1, -0.05) is 54.1 Å². The number of esters is 1. The van der Waals surface area contributed by atoms with Gasteiger partial charge in [0.1, 0.15) is 5.75 Å². The van der Waals surface area contributed by atoms with Crippen molar-refractivity contribution >= 4 is 5.97 Å². The van der Waals surface area contributed by atoms with E-state index in [0.29, 0.717) is 28.6 Å². The average molecular weight is 397 g/mol. The molecule has 0 bridgehead atoms. The molecule has 1 N–H and O–H groups in total. The highest BCUT2D eigenvalue weighted by atomic mass is 16.5. The van der Waals surface area contributed by atoms with Crippen LogP contribution < -0.4 is 0 Å². The Balaban J connectivity index is 1.88. The zero-order chi connectivity index (χ0) is 21.1. The van der Waals surface area contributed by atoms with E-state index >= 15 is 0 Å². The number of aromatic hydroxyl groups is 1. The molecule has 30 heavy (non-hydrogen) atoms. The van der Waals surface area contributed by atoms with E-state index in [1.54, 1.807) is 30.3 Å². The number of ether oxygens (including phenoxy) is 1. The lowest BCUT2D eigenvalue weighted by Crippen LogP contribution is -2.02. The van der Waals surface area contributed by atoms with E-state index in [1.807, 2.05) is 49.4 Å². The molecule has 4 aromatic rings. The Bertz CT molecular complexity index is 1210. The van der Waals surface area contributed by atoms with E-state index in [-0.39, 0.29) is 5.75 Å². The van der Waals surface area contributed by atoms with Crippen LogP contribution in [0.25, 0.3) is 34.2 Å². The molecule has 0 unspecified atom stereocenters. The van der Waals surface area contributed by atoms with Crippen LogP contribution in [0.1, 0.15) is 15.9 Å². The van der Waals surface area contributed by atoms with E-state index in [9.17, 15) is 9.90 Å². The average Bonchev–Trinajstić information content (AvgIpc) is 2.80. The van der Waals surface area contributed by atoms with Gasteiger partial charge < -0.3 is 9.84 Å². The Morgan fingerprint density at radius 3 is 2.03 bits per heavy atom. The number of hydrogen-bond donors (Lipinski definition) is 1. The molecule has 0 saturated carbocycles. The maximum atomic E-state index is 11.7. The van der Waals surface area contributed by atoms with Gasteiger partial charge in [-0.15, -0.1) is 0 Å². The Morgan fingerprint density at radius 2 is 1.40 bits per heavy atom. The van der Waals surface area contributed by atoms with Crippen molar-refractivity contribution in [2.75, 3.05) is 7.11 Å². The fraction of sp³-hybridized carbons (Fsp3) is 0.0833. The summed E-state index contributed by atoms with van der Waals surface area (Å²) in [5.74, 6) is 0.993. The SMILES string of the molecule is COC(=O)c1ccc(-c2nc(-c3ccccc3)nc(-c3cc(C)ccc3O)n2)cc1. The van der Waals surface area contributed by atoms with Crippen molar-refractivity contribution < 1.29 is 14.6 Å². The number of phenolic OH excluding ortho intramolecular Hbond substituents is 1. The highest BCUT2D eigenvalue weighted by Gasteiger charge is 2.15. The van der Waals surface area contributed by atoms with Crippen molar-refractivity contribution in [1.82, 2.24) is 15.0 Å². The largest absolute Gasteiger partial charge is 0.507 e. The lowest BCUT2D eigenvalue weighted by molar-refractivity contribution is 0.0600. The van der Waals surface area contributed by atoms with Gasteiger partial charge in [0, 0.05) is 11.1 Å². The van der Waals surface area contributed by atoms with E-state index in [1.165, 1.54) is 7.11 Å². The third kappa shape index (κ3) is 3.89. The first-order valence-corrected chi connectivity index (χ1v) is 9.35. The van der Waals surface area contributed by atoms with Crippen LogP contribution in [0.5, 0.6) is 5.75 Å². The molecule has 148 valence electrons. The maximum absolute atomic E-state index is 11.7. The molecule has 1 heterocycles. The molecule has 0 saturated heterocycles. The molecular formula is C24H19N3O3. The zero-order valence-corrected chi connectivity index (χ0v) is 16.5. The number of phenols is 1. The normalized spacial score (nSPS) is 10.6. The second kappa shape index (κ2) is 8.13. The Hall–Kier alpha value is -4.06. The highest BCUT2D eigenvalue weighted by Crippen LogP contribution is 2.30. The Labute approximate surface area is 173 Å². The van der Waals surface area contributed by atoms with Crippen LogP contribution in [-0.2, 0) is 4.74 Å². The molecule has 0 spiro atoms. The molecule has 1 aromatic heterocycles. The number of aryl methyl sites for hydroxylation is 1. The summed E-state index contributed by atoms with van der Waals surface area (Å²) in [6, 6.07) is 21.7. The molecule has 4 rings (SSSR count). The predicted molar refractivity (Wildman–Crippen MR) is 114 cm³/mol. The van der Waals surface area contributed by atoms with E-state index in [4.69, 9.17) is 4.74 Å². The summed E-state index contributed by atoms with van der Waals surface area (Å²) < 4.78 is 4.75. The van der Waals surface area contributed by atoms with Gasteiger partial charge in [-0.3, -0.25) is 0 Å². The molecule has 3 aromatic carbocycles. The Kier molecular flexibility index (Phi) is 5.22. The van der Waals surface area contributed by atoms with E-state index in [2.05, 4.69) is 15.0 Å². The van der Waals surface area contributed by atoms with Crippen molar-refractivity contribution in [2.45, 2.75) is 6.92 Å². The van der Waals surface area contributed by atoms with Crippen LogP contribution in [0.3, 0.4) is 0 Å². The second-order valence-corrected chi connectivity index (χ2v) is 6.76. The van der Waals surface area contributed by atoms with Crippen molar-refractivity contribution in [3.8, 4) is 39.9 Å². The van der Waals surface area contributed by atoms with Gasteiger partial charge in [-0.25, -0.2) is 19.7 Å². The molecule has 0 aliphatic carbocycles. The molecular weight excluding hydrogens is 378 g/mol. The van der Waals surface area contributed by atoms with Crippen molar-refractivity contribution in [1.29, 1.82) is 0 Å². The number of benzene rings is 3.